The van der Waals surface area contributed by atoms with Crippen LogP contribution >= 0.6 is 11.6 Å². The fourth-order valence-electron chi connectivity index (χ4n) is 2.50. The quantitative estimate of drug-likeness (QED) is 0.629. The number of rotatable bonds is 6. The third kappa shape index (κ3) is 3.95. The number of aryl methyl sites for hydroxylation is 1. The van der Waals surface area contributed by atoms with Gasteiger partial charge < -0.3 is 4.52 Å². The van der Waals surface area contributed by atoms with Crippen LogP contribution in [0.4, 0.5) is 4.39 Å². The molecule has 0 saturated heterocycles. The van der Waals surface area contributed by atoms with E-state index in [2.05, 4.69) is 5.16 Å². The number of aromatic nitrogens is 1. The van der Waals surface area contributed by atoms with E-state index in [0.29, 0.717) is 22.0 Å². The molecule has 5 nitrogen and oxygen atoms in total. The van der Waals surface area contributed by atoms with E-state index in [1.165, 1.54) is 18.2 Å². The van der Waals surface area contributed by atoms with E-state index in [0.717, 1.165) is 10.4 Å². The van der Waals surface area contributed by atoms with Gasteiger partial charge in [-0.05, 0) is 30.7 Å². The number of benzene rings is 2. The molecule has 0 aliphatic carbocycles. The van der Waals surface area contributed by atoms with Crippen LogP contribution in [0.25, 0.3) is 0 Å². The maximum absolute atomic E-state index is 14.1. The van der Waals surface area contributed by atoms with Gasteiger partial charge in [0.2, 0.25) is 10.0 Å². The summed E-state index contributed by atoms with van der Waals surface area (Å²) in [5.74, 6) is -0.458. The van der Waals surface area contributed by atoms with Crippen LogP contribution in [-0.2, 0) is 23.1 Å². The standard InChI is InChI=1S/C18H16ClFN2O3S/c1-13-10-15(25-21-13)12-22(11-14-6-2-3-7-16(14)19)26(23,24)18-9-5-4-8-17(18)20/h2-10H,11-12H2,1H3. The van der Waals surface area contributed by atoms with Crippen LogP contribution in [-0.4, -0.2) is 17.9 Å². The highest BCUT2D eigenvalue weighted by molar-refractivity contribution is 7.89. The Kier molecular flexibility index (Phi) is 5.41. The van der Waals surface area contributed by atoms with Gasteiger partial charge in [0.15, 0.2) is 5.76 Å². The Bertz CT molecular complexity index is 1020. The third-order valence-electron chi connectivity index (χ3n) is 3.77. The van der Waals surface area contributed by atoms with Gasteiger partial charge in [-0.1, -0.05) is 47.1 Å². The van der Waals surface area contributed by atoms with Gasteiger partial charge in [-0.25, -0.2) is 12.8 Å². The van der Waals surface area contributed by atoms with Gasteiger partial charge in [-0.15, -0.1) is 0 Å². The van der Waals surface area contributed by atoms with Crippen molar-refractivity contribution in [2.75, 3.05) is 0 Å². The van der Waals surface area contributed by atoms with Crippen molar-refractivity contribution in [2.45, 2.75) is 24.9 Å². The molecule has 0 N–H and O–H groups in total. The zero-order chi connectivity index (χ0) is 18.7. The van der Waals surface area contributed by atoms with Crippen molar-refractivity contribution in [3.63, 3.8) is 0 Å². The Balaban J connectivity index is 2.02. The number of nitrogens with zero attached hydrogens (tertiary/aromatic N) is 2. The molecular formula is C18H16ClFN2O3S. The van der Waals surface area contributed by atoms with Crippen LogP contribution in [0.1, 0.15) is 17.0 Å². The molecule has 3 rings (SSSR count). The second-order valence-electron chi connectivity index (χ2n) is 5.73. The maximum Gasteiger partial charge on any atom is 0.246 e. The molecule has 0 radical (unpaired) electrons. The summed E-state index contributed by atoms with van der Waals surface area (Å²) in [6, 6.07) is 13.8. The monoisotopic (exact) mass is 394 g/mol. The van der Waals surface area contributed by atoms with Crippen LogP contribution < -0.4 is 0 Å². The second kappa shape index (κ2) is 7.57. The lowest BCUT2D eigenvalue weighted by atomic mass is 10.2. The Hall–Kier alpha value is -2.22. The molecule has 26 heavy (non-hydrogen) atoms. The van der Waals surface area contributed by atoms with Crippen molar-refractivity contribution in [1.82, 2.24) is 9.46 Å². The minimum atomic E-state index is -4.12. The first-order valence-corrected chi connectivity index (χ1v) is 9.60. The normalized spacial score (nSPS) is 11.8. The summed E-state index contributed by atoms with van der Waals surface area (Å²) < 4.78 is 46.5. The van der Waals surface area contributed by atoms with Gasteiger partial charge in [0.05, 0.1) is 12.2 Å². The lowest BCUT2D eigenvalue weighted by Gasteiger charge is -2.22. The number of hydrogen-bond donors (Lipinski definition) is 0. The smallest absolute Gasteiger partial charge is 0.246 e. The first-order chi connectivity index (χ1) is 12.4. The van der Waals surface area contributed by atoms with E-state index >= 15 is 0 Å². The highest BCUT2D eigenvalue weighted by Crippen LogP contribution is 2.25. The maximum atomic E-state index is 14.1. The Labute approximate surface area is 156 Å². The largest absolute Gasteiger partial charge is 0.360 e. The Morgan fingerprint density at radius 1 is 1.12 bits per heavy atom. The fraction of sp³-hybridized carbons (Fsp3) is 0.167. The summed E-state index contributed by atoms with van der Waals surface area (Å²) in [4.78, 5) is -0.400. The lowest BCUT2D eigenvalue weighted by Crippen LogP contribution is -2.31. The molecular weight excluding hydrogens is 379 g/mol. The minimum Gasteiger partial charge on any atom is -0.360 e. The van der Waals surface area contributed by atoms with Crippen LogP contribution in [0.3, 0.4) is 0 Å². The number of halogens is 2. The second-order valence-corrected chi connectivity index (χ2v) is 8.04. The summed E-state index contributed by atoms with van der Waals surface area (Å²) in [5, 5.41) is 4.20. The third-order valence-corrected chi connectivity index (χ3v) is 5.96. The van der Waals surface area contributed by atoms with Crippen LogP contribution in [0.2, 0.25) is 5.02 Å². The van der Waals surface area contributed by atoms with Gasteiger partial charge in [0.1, 0.15) is 10.7 Å². The Morgan fingerprint density at radius 3 is 2.46 bits per heavy atom. The molecule has 136 valence electrons. The van der Waals surface area contributed by atoms with Crippen molar-refractivity contribution < 1.29 is 17.3 Å². The van der Waals surface area contributed by atoms with Crippen LogP contribution in [0.5, 0.6) is 0 Å². The van der Waals surface area contributed by atoms with Crippen LogP contribution in [0.15, 0.2) is 64.0 Å². The molecule has 0 aliphatic rings. The van der Waals surface area contributed by atoms with E-state index in [1.54, 1.807) is 37.3 Å². The molecule has 1 heterocycles. The SMILES string of the molecule is Cc1cc(CN(Cc2ccccc2Cl)S(=O)(=O)c2ccccc2F)on1. The highest BCUT2D eigenvalue weighted by Gasteiger charge is 2.29. The van der Waals surface area contributed by atoms with Gasteiger partial charge in [0.25, 0.3) is 0 Å². The fourth-order valence-corrected chi connectivity index (χ4v) is 4.15. The average Bonchev–Trinajstić information content (AvgIpc) is 3.01. The summed E-state index contributed by atoms with van der Waals surface area (Å²) >= 11 is 6.17. The van der Waals surface area contributed by atoms with Crippen molar-refractivity contribution in [3.05, 3.63) is 82.5 Å². The molecule has 0 bridgehead atoms. The molecule has 0 fully saturated rings. The van der Waals surface area contributed by atoms with E-state index in [-0.39, 0.29) is 13.1 Å². The molecule has 0 unspecified atom stereocenters. The predicted molar refractivity (Wildman–Crippen MR) is 95.5 cm³/mol. The zero-order valence-electron chi connectivity index (χ0n) is 13.9. The van der Waals surface area contributed by atoms with Gasteiger partial charge in [-0.3, -0.25) is 0 Å². The van der Waals surface area contributed by atoms with Crippen LogP contribution in [0, 0.1) is 12.7 Å². The molecule has 8 heteroatoms. The lowest BCUT2D eigenvalue weighted by molar-refractivity contribution is 0.316. The summed E-state index contributed by atoms with van der Waals surface area (Å²) in [6.07, 6.45) is 0. The first kappa shape index (κ1) is 18.6. The highest BCUT2D eigenvalue weighted by atomic mass is 35.5. The van der Waals surface area contributed by atoms with Crippen molar-refractivity contribution in [1.29, 1.82) is 0 Å². The molecule has 1 aromatic heterocycles. The molecule has 3 aromatic rings. The molecule has 2 aromatic carbocycles. The van der Waals surface area contributed by atoms with E-state index < -0.39 is 20.7 Å². The van der Waals surface area contributed by atoms with Crippen molar-refractivity contribution in [2.24, 2.45) is 0 Å². The summed E-state index contributed by atoms with van der Waals surface area (Å²) in [7, 11) is -4.12. The number of sulfonamides is 1. The van der Waals surface area contributed by atoms with Gasteiger partial charge in [-0.2, -0.15) is 4.31 Å². The van der Waals surface area contributed by atoms with E-state index in [4.69, 9.17) is 16.1 Å². The minimum absolute atomic E-state index is 0.0317. The van der Waals surface area contributed by atoms with Crippen molar-refractivity contribution >= 4 is 21.6 Å². The van der Waals surface area contributed by atoms with Crippen molar-refractivity contribution in [3.8, 4) is 0 Å². The topological polar surface area (TPSA) is 63.4 Å². The predicted octanol–water partition coefficient (Wildman–Crippen LogP) is 4.17. The summed E-state index contributed by atoms with van der Waals surface area (Å²) in [5.41, 5.74) is 1.23. The molecule has 0 aliphatic heterocycles. The Morgan fingerprint density at radius 2 is 1.81 bits per heavy atom. The molecule has 0 atom stereocenters. The van der Waals surface area contributed by atoms with E-state index in [1.807, 2.05) is 0 Å². The summed E-state index contributed by atoms with van der Waals surface area (Å²) in [6.45, 7) is 1.61. The van der Waals surface area contributed by atoms with E-state index in [9.17, 15) is 12.8 Å². The average molecular weight is 395 g/mol. The molecule has 0 amide bonds. The first-order valence-electron chi connectivity index (χ1n) is 7.78. The molecule has 0 saturated carbocycles. The molecule has 0 spiro atoms. The number of hydrogen-bond acceptors (Lipinski definition) is 4. The zero-order valence-corrected chi connectivity index (χ0v) is 15.5. The van der Waals surface area contributed by atoms with Gasteiger partial charge in [0, 0.05) is 17.6 Å². The van der Waals surface area contributed by atoms with Gasteiger partial charge >= 0.3 is 0 Å².